The first kappa shape index (κ1) is 22.3. The quantitative estimate of drug-likeness (QED) is 0.231. The summed E-state index contributed by atoms with van der Waals surface area (Å²) in [5.41, 5.74) is 3.40. The maximum Gasteiger partial charge on any atom is 0.282 e. The van der Waals surface area contributed by atoms with Crippen molar-refractivity contribution in [3.63, 3.8) is 0 Å². The molecule has 10 heteroatoms. The number of benzene rings is 3. The number of non-ortho nitro benzene ring substituents is 1. The Morgan fingerprint density at radius 1 is 1.03 bits per heavy atom. The average molecular weight is 484 g/mol. The van der Waals surface area contributed by atoms with Gasteiger partial charge in [-0.3, -0.25) is 25.1 Å². The Hall–Kier alpha value is -3.88. The maximum absolute atomic E-state index is 12.9. The van der Waals surface area contributed by atoms with Crippen LogP contribution in [0.15, 0.2) is 72.3 Å². The van der Waals surface area contributed by atoms with Gasteiger partial charge in [0, 0.05) is 33.3 Å². The average Bonchev–Trinajstić information content (AvgIpc) is 3.08. The van der Waals surface area contributed by atoms with Crippen LogP contribution in [-0.4, -0.2) is 16.7 Å². The number of amides is 2. The molecule has 0 bridgehead atoms. The minimum Gasteiger partial charge on any atom is -0.488 e. The molecule has 0 unspecified atom stereocenters. The summed E-state index contributed by atoms with van der Waals surface area (Å²) in [5.74, 6) is -0.996. The molecule has 0 aliphatic carbocycles. The van der Waals surface area contributed by atoms with Crippen molar-refractivity contribution in [3.8, 4) is 5.75 Å². The number of nitro benzene ring substituents is 1. The molecule has 1 aliphatic heterocycles. The van der Waals surface area contributed by atoms with Crippen molar-refractivity contribution in [2.75, 3.05) is 5.01 Å². The zero-order valence-electron chi connectivity index (χ0n) is 16.8. The number of hydrogen-bond acceptors (Lipinski definition) is 5. The summed E-state index contributed by atoms with van der Waals surface area (Å²) in [6.45, 7) is 0.0419. The van der Waals surface area contributed by atoms with Gasteiger partial charge in [-0.1, -0.05) is 47.5 Å². The molecule has 1 N–H and O–H groups in total. The number of nitro groups is 1. The Morgan fingerprint density at radius 2 is 1.79 bits per heavy atom. The molecule has 3 aromatic rings. The minimum atomic E-state index is -0.637. The lowest BCUT2D eigenvalue weighted by Gasteiger charge is -2.14. The fourth-order valence-corrected chi connectivity index (χ4v) is 3.62. The van der Waals surface area contributed by atoms with Gasteiger partial charge in [0.1, 0.15) is 17.9 Å². The number of hydrogen-bond donors (Lipinski definition) is 1. The molecule has 0 spiro atoms. The first-order chi connectivity index (χ1) is 15.8. The molecule has 0 saturated carbocycles. The summed E-state index contributed by atoms with van der Waals surface area (Å²) in [6.07, 6.45) is 1.27. The summed E-state index contributed by atoms with van der Waals surface area (Å²) in [4.78, 5) is 36.1. The van der Waals surface area contributed by atoms with Crippen LogP contribution in [0.5, 0.6) is 5.75 Å². The second-order valence-corrected chi connectivity index (χ2v) is 7.82. The van der Waals surface area contributed by atoms with Crippen LogP contribution in [0.4, 0.5) is 11.4 Å². The predicted octanol–water partition coefficient (Wildman–Crippen LogP) is 4.94. The summed E-state index contributed by atoms with van der Waals surface area (Å²) in [6, 6.07) is 17.4. The summed E-state index contributed by atoms with van der Waals surface area (Å²) < 4.78 is 5.82. The van der Waals surface area contributed by atoms with E-state index in [-0.39, 0.29) is 29.2 Å². The third kappa shape index (κ3) is 4.82. The second kappa shape index (κ2) is 9.32. The number of carbonyl (C=O) groups is 2. The molecular weight excluding hydrogens is 469 g/mol. The highest BCUT2D eigenvalue weighted by Gasteiger charge is 2.34. The van der Waals surface area contributed by atoms with Gasteiger partial charge < -0.3 is 4.74 Å². The van der Waals surface area contributed by atoms with Gasteiger partial charge in [0.05, 0.1) is 10.6 Å². The molecule has 0 aromatic heterocycles. The fraction of sp³-hybridized carbons (Fsp3) is 0.0435. The second-order valence-electron chi connectivity index (χ2n) is 6.98. The van der Waals surface area contributed by atoms with Gasteiger partial charge in [-0.2, -0.15) is 0 Å². The van der Waals surface area contributed by atoms with Crippen molar-refractivity contribution >= 4 is 52.5 Å². The zero-order chi connectivity index (χ0) is 23.5. The van der Waals surface area contributed by atoms with Crippen LogP contribution in [0, 0.1) is 10.1 Å². The standard InChI is InChI=1S/C23H15Cl2N3O5/c24-16-7-6-14(20(25)12-16)13-33-21-9-8-18(28(31)32)10-15(21)11-19-22(29)26-27(23(19)30)17-4-2-1-3-5-17/h1-12H,13H2,(H,26,29)/b19-11-. The Bertz CT molecular complexity index is 1290. The van der Waals surface area contributed by atoms with Crippen molar-refractivity contribution in [2.24, 2.45) is 0 Å². The van der Waals surface area contributed by atoms with Crippen LogP contribution in [-0.2, 0) is 16.2 Å². The number of carbonyl (C=O) groups excluding carboxylic acids is 2. The lowest BCUT2D eigenvalue weighted by atomic mass is 10.1. The number of nitrogens with zero attached hydrogens (tertiary/aromatic N) is 2. The highest BCUT2D eigenvalue weighted by atomic mass is 35.5. The van der Waals surface area contributed by atoms with Gasteiger partial charge in [-0.05, 0) is 36.4 Å². The maximum atomic E-state index is 12.9. The van der Waals surface area contributed by atoms with Crippen LogP contribution in [0.1, 0.15) is 11.1 Å². The lowest BCUT2D eigenvalue weighted by Crippen LogP contribution is -2.35. The van der Waals surface area contributed by atoms with E-state index in [1.54, 1.807) is 48.5 Å². The SMILES string of the molecule is O=C1NN(c2ccccc2)C(=O)/C1=C\c1cc([N+](=O)[O-])ccc1OCc1ccc(Cl)cc1Cl. The van der Waals surface area contributed by atoms with Gasteiger partial charge in [0.15, 0.2) is 0 Å². The molecule has 1 heterocycles. The van der Waals surface area contributed by atoms with E-state index in [1.807, 2.05) is 0 Å². The minimum absolute atomic E-state index is 0.0419. The third-order valence-electron chi connectivity index (χ3n) is 4.81. The zero-order valence-corrected chi connectivity index (χ0v) is 18.3. The fourth-order valence-electron chi connectivity index (χ4n) is 3.16. The molecule has 1 fully saturated rings. The number of rotatable bonds is 6. The van der Waals surface area contributed by atoms with Crippen molar-refractivity contribution in [1.29, 1.82) is 0 Å². The van der Waals surface area contributed by atoms with Crippen LogP contribution in [0.3, 0.4) is 0 Å². The van der Waals surface area contributed by atoms with Crippen LogP contribution in [0.25, 0.3) is 6.08 Å². The Morgan fingerprint density at radius 3 is 2.48 bits per heavy atom. The van der Waals surface area contributed by atoms with Gasteiger partial charge >= 0.3 is 0 Å². The van der Waals surface area contributed by atoms with Crippen LogP contribution in [0.2, 0.25) is 10.0 Å². The Labute approximate surface area is 198 Å². The van der Waals surface area contributed by atoms with Crippen molar-refractivity contribution < 1.29 is 19.2 Å². The molecule has 33 heavy (non-hydrogen) atoms. The molecule has 1 aliphatic rings. The van der Waals surface area contributed by atoms with E-state index < -0.39 is 16.7 Å². The topological polar surface area (TPSA) is 102 Å². The van der Waals surface area contributed by atoms with E-state index in [0.29, 0.717) is 21.3 Å². The van der Waals surface area contributed by atoms with E-state index in [9.17, 15) is 19.7 Å². The monoisotopic (exact) mass is 483 g/mol. The van der Waals surface area contributed by atoms with Crippen molar-refractivity contribution in [1.82, 2.24) is 5.43 Å². The molecule has 8 nitrogen and oxygen atoms in total. The molecule has 2 amide bonds. The summed E-state index contributed by atoms with van der Waals surface area (Å²) in [5, 5.41) is 13.3. The van der Waals surface area contributed by atoms with Crippen molar-refractivity contribution in [3.05, 3.63) is 104 Å². The highest BCUT2D eigenvalue weighted by molar-refractivity contribution is 6.35. The van der Waals surface area contributed by atoms with Gasteiger partial charge in [0.25, 0.3) is 17.5 Å². The lowest BCUT2D eigenvalue weighted by molar-refractivity contribution is -0.384. The van der Waals surface area contributed by atoms with Crippen molar-refractivity contribution in [2.45, 2.75) is 6.61 Å². The summed E-state index contributed by atoms with van der Waals surface area (Å²) >= 11 is 12.1. The molecule has 3 aromatic carbocycles. The van der Waals surface area contributed by atoms with E-state index >= 15 is 0 Å². The van der Waals surface area contributed by atoms with Gasteiger partial charge in [0.2, 0.25) is 0 Å². The smallest absolute Gasteiger partial charge is 0.282 e. The summed E-state index contributed by atoms with van der Waals surface area (Å²) in [7, 11) is 0. The molecule has 0 atom stereocenters. The Balaban J connectivity index is 1.67. The first-order valence-electron chi connectivity index (χ1n) is 9.61. The highest BCUT2D eigenvalue weighted by Crippen LogP contribution is 2.30. The van der Waals surface area contributed by atoms with Gasteiger partial charge in [-0.25, -0.2) is 5.01 Å². The van der Waals surface area contributed by atoms with E-state index in [1.165, 1.54) is 24.3 Å². The number of ether oxygens (including phenoxy) is 1. The molecular formula is C23H15Cl2N3O5. The largest absolute Gasteiger partial charge is 0.488 e. The van der Waals surface area contributed by atoms with Gasteiger partial charge in [-0.15, -0.1) is 0 Å². The van der Waals surface area contributed by atoms with E-state index in [4.69, 9.17) is 27.9 Å². The number of para-hydroxylation sites is 1. The number of halogens is 2. The number of nitrogens with one attached hydrogen (secondary N) is 1. The third-order valence-corrected chi connectivity index (χ3v) is 5.40. The molecule has 1 saturated heterocycles. The van der Waals surface area contributed by atoms with Crippen LogP contribution >= 0.6 is 23.2 Å². The van der Waals surface area contributed by atoms with E-state index in [0.717, 1.165) is 5.01 Å². The predicted molar refractivity (Wildman–Crippen MR) is 124 cm³/mol. The molecule has 166 valence electrons. The van der Waals surface area contributed by atoms with Crippen LogP contribution < -0.4 is 15.2 Å². The number of hydrazine groups is 1. The molecule has 4 rings (SSSR count). The first-order valence-corrected chi connectivity index (χ1v) is 10.4. The van der Waals surface area contributed by atoms with E-state index in [2.05, 4.69) is 5.43 Å². The molecule has 0 radical (unpaired) electrons. The normalized spacial score (nSPS) is 14.5. The Kier molecular flexibility index (Phi) is 6.30. The number of anilines is 1.